The van der Waals surface area contributed by atoms with Crippen LogP contribution in [0, 0.1) is 5.92 Å². The summed E-state index contributed by atoms with van der Waals surface area (Å²) in [5, 5.41) is 0.543. The van der Waals surface area contributed by atoms with Crippen molar-refractivity contribution in [3.63, 3.8) is 0 Å². The quantitative estimate of drug-likeness (QED) is 0.529. The number of benzene rings is 2. The second-order valence-electron chi connectivity index (χ2n) is 5.38. The summed E-state index contributed by atoms with van der Waals surface area (Å²) in [6, 6.07) is 14.3. The molecule has 1 atom stereocenters. The van der Waals surface area contributed by atoms with Crippen LogP contribution in [0.2, 0.25) is 5.02 Å². The van der Waals surface area contributed by atoms with Gasteiger partial charge in [-0.25, -0.2) is 0 Å². The van der Waals surface area contributed by atoms with E-state index in [2.05, 4.69) is 54.0 Å². The molecule has 106 valence electrons. The molecule has 0 aliphatic rings. The maximum atomic E-state index is 6.55. The van der Waals surface area contributed by atoms with Crippen LogP contribution in [-0.2, 0) is 6.42 Å². The highest BCUT2D eigenvalue weighted by Crippen LogP contribution is 2.33. The van der Waals surface area contributed by atoms with Crippen LogP contribution in [0.1, 0.15) is 35.9 Å². The number of rotatable bonds is 4. The molecule has 0 heterocycles. The zero-order chi connectivity index (χ0) is 14.7. The number of halogens is 3. The molecule has 2 rings (SSSR count). The van der Waals surface area contributed by atoms with Gasteiger partial charge in [-0.05, 0) is 57.1 Å². The van der Waals surface area contributed by atoms with Crippen molar-refractivity contribution in [2.45, 2.75) is 25.6 Å². The highest BCUT2D eigenvalue weighted by atomic mass is 79.9. The molecule has 0 radical (unpaired) electrons. The van der Waals surface area contributed by atoms with Gasteiger partial charge in [-0.1, -0.05) is 55.8 Å². The fraction of sp³-hybridized carbons (Fsp3) is 0.294. The minimum absolute atomic E-state index is 0.156. The lowest BCUT2D eigenvalue weighted by molar-refractivity contribution is 0.647. The van der Waals surface area contributed by atoms with Gasteiger partial charge in [0.05, 0.1) is 10.4 Å². The first-order valence-corrected chi connectivity index (χ1v) is 8.26. The van der Waals surface area contributed by atoms with E-state index >= 15 is 0 Å². The molecule has 0 aliphatic carbocycles. The zero-order valence-corrected chi connectivity index (χ0v) is 14.6. The van der Waals surface area contributed by atoms with Crippen LogP contribution in [0.25, 0.3) is 0 Å². The van der Waals surface area contributed by atoms with Gasteiger partial charge < -0.3 is 0 Å². The Bertz CT molecular complexity index is 576. The van der Waals surface area contributed by atoms with Crippen molar-refractivity contribution in [2.75, 3.05) is 0 Å². The molecule has 3 heteroatoms. The fourth-order valence-corrected chi connectivity index (χ4v) is 2.95. The summed E-state index contributed by atoms with van der Waals surface area (Å²) < 4.78 is 0.874. The van der Waals surface area contributed by atoms with Gasteiger partial charge in [0.1, 0.15) is 0 Å². The Morgan fingerprint density at radius 2 is 1.60 bits per heavy atom. The normalized spacial score (nSPS) is 12.7. The van der Waals surface area contributed by atoms with E-state index in [1.54, 1.807) is 0 Å². The van der Waals surface area contributed by atoms with E-state index in [1.165, 1.54) is 5.56 Å². The van der Waals surface area contributed by atoms with E-state index in [4.69, 9.17) is 23.2 Å². The van der Waals surface area contributed by atoms with Gasteiger partial charge in [-0.3, -0.25) is 0 Å². The third-order valence-corrected chi connectivity index (χ3v) is 4.87. The third-order valence-electron chi connectivity index (χ3n) is 3.15. The second kappa shape index (κ2) is 6.98. The van der Waals surface area contributed by atoms with Gasteiger partial charge in [0.2, 0.25) is 0 Å². The highest BCUT2D eigenvalue weighted by molar-refractivity contribution is 9.10. The van der Waals surface area contributed by atoms with Crippen molar-refractivity contribution in [1.29, 1.82) is 0 Å². The number of alkyl halides is 1. The molecule has 2 aromatic carbocycles. The molecule has 0 saturated carbocycles. The molecule has 0 fully saturated rings. The lowest BCUT2D eigenvalue weighted by Gasteiger charge is -2.13. The first-order chi connectivity index (χ1) is 9.47. The van der Waals surface area contributed by atoms with Crippen molar-refractivity contribution in [2.24, 2.45) is 5.92 Å². The van der Waals surface area contributed by atoms with E-state index in [0.717, 1.165) is 22.0 Å². The molecule has 0 bridgehead atoms. The van der Waals surface area contributed by atoms with E-state index in [9.17, 15) is 0 Å². The van der Waals surface area contributed by atoms with Crippen LogP contribution in [0.3, 0.4) is 0 Å². The average Bonchev–Trinajstić information content (AvgIpc) is 2.41. The molecule has 0 N–H and O–H groups in total. The Kier molecular flexibility index (Phi) is 5.54. The summed E-state index contributed by atoms with van der Waals surface area (Å²) in [7, 11) is 0. The summed E-state index contributed by atoms with van der Waals surface area (Å²) in [5.41, 5.74) is 3.50. The van der Waals surface area contributed by atoms with Crippen LogP contribution < -0.4 is 0 Å². The number of hydrogen-bond acceptors (Lipinski definition) is 0. The van der Waals surface area contributed by atoms with Crippen LogP contribution in [0.5, 0.6) is 0 Å². The first kappa shape index (κ1) is 15.9. The monoisotopic (exact) mass is 370 g/mol. The Hall–Kier alpha value is -0.500. The van der Waals surface area contributed by atoms with Crippen LogP contribution in [0.4, 0.5) is 0 Å². The summed E-state index contributed by atoms with van der Waals surface area (Å²) in [6.45, 7) is 4.45. The standard InChI is InChI=1S/C17H17BrCl2/c1-11(2)9-12-3-5-13(6-4-12)17(20)14-7-8-16(19)15(18)10-14/h3-8,10-11,17H,9H2,1-2H3. The topological polar surface area (TPSA) is 0 Å². The van der Waals surface area contributed by atoms with Crippen LogP contribution in [-0.4, -0.2) is 0 Å². The Morgan fingerprint density at radius 1 is 1.00 bits per heavy atom. The minimum atomic E-state index is -0.156. The zero-order valence-electron chi connectivity index (χ0n) is 11.5. The van der Waals surface area contributed by atoms with Gasteiger partial charge in [0.25, 0.3) is 0 Å². The lowest BCUT2D eigenvalue weighted by Crippen LogP contribution is -1.97. The Morgan fingerprint density at radius 3 is 2.15 bits per heavy atom. The molecular formula is C17H17BrCl2. The summed E-state index contributed by atoms with van der Waals surface area (Å²) >= 11 is 16.0. The Labute approximate surface area is 139 Å². The van der Waals surface area contributed by atoms with Crippen molar-refractivity contribution < 1.29 is 0 Å². The van der Waals surface area contributed by atoms with Crippen molar-refractivity contribution in [3.8, 4) is 0 Å². The summed E-state index contributed by atoms with van der Waals surface area (Å²) in [4.78, 5) is 0. The maximum Gasteiger partial charge on any atom is 0.0835 e. The largest absolute Gasteiger partial charge is 0.113 e. The number of hydrogen-bond donors (Lipinski definition) is 0. The van der Waals surface area contributed by atoms with Gasteiger partial charge in [0.15, 0.2) is 0 Å². The molecule has 0 spiro atoms. The molecule has 0 amide bonds. The minimum Gasteiger partial charge on any atom is -0.113 e. The first-order valence-electron chi connectivity index (χ1n) is 6.65. The highest BCUT2D eigenvalue weighted by Gasteiger charge is 2.12. The van der Waals surface area contributed by atoms with Gasteiger partial charge >= 0.3 is 0 Å². The smallest absolute Gasteiger partial charge is 0.0835 e. The second-order valence-corrected chi connectivity index (χ2v) is 7.07. The molecule has 0 nitrogen and oxygen atoms in total. The van der Waals surface area contributed by atoms with Gasteiger partial charge in [-0.2, -0.15) is 0 Å². The van der Waals surface area contributed by atoms with Gasteiger partial charge in [0, 0.05) is 4.47 Å². The SMILES string of the molecule is CC(C)Cc1ccc(C(Cl)c2ccc(Cl)c(Br)c2)cc1. The molecule has 0 saturated heterocycles. The van der Waals surface area contributed by atoms with E-state index in [-0.39, 0.29) is 5.38 Å². The van der Waals surface area contributed by atoms with E-state index in [0.29, 0.717) is 10.9 Å². The third kappa shape index (κ3) is 4.00. The molecule has 20 heavy (non-hydrogen) atoms. The van der Waals surface area contributed by atoms with Crippen LogP contribution >= 0.6 is 39.1 Å². The molecule has 0 aliphatic heterocycles. The lowest BCUT2D eigenvalue weighted by atomic mass is 9.99. The van der Waals surface area contributed by atoms with Crippen molar-refractivity contribution in [3.05, 3.63) is 68.7 Å². The van der Waals surface area contributed by atoms with Crippen molar-refractivity contribution in [1.82, 2.24) is 0 Å². The predicted molar refractivity (Wildman–Crippen MR) is 91.8 cm³/mol. The summed E-state index contributed by atoms with van der Waals surface area (Å²) in [5.74, 6) is 0.667. The molecule has 2 aromatic rings. The average molecular weight is 372 g/mol. The molecule has 1 unspecified atom stereocenters. The van der Waals surface area contributed by atoms with Crippen molar-refractivity contribution >= 4 is 39.1 Å². The Balaban J connectivity index is 2.20. The predicted octanol–water partition coefficient (Wildman–Crippen LogP) is 6.63. The maximum absolute atomic E-state index is 6.55. The molecule has 0 aromatic heterocycles. The van der Waals surface area contributed by atoms with Gasteiger partial charge in [-0.15, -0.1) is 11.6 Å². The summed E-state index contributed by atoms with van der Waals surface area (Å²) in [6.07, 6.45) is 1.10. The molecular weight excluding hydrogens is 355 g/mol. The van der Waals surface area contributed by atoms with Crippen LogP contribution in [0.15, 0.2) is 46.9 Å². The fourth-order valence-electron chi connectivity index (χ4n) is 2.16. The van der Waals surface area contributed by atoms with E-state index in [1.807, 2.05) is 18.2 Å². The van der Waals surface area contributed by atoms with E-state index < -0.39 is 0 Å².